The van der Waals surface area contributed by atoms with Gasteiger partial charge in [-0.15, -0.1) is 0 Å². The minimum Gasteiger partial charge on any atom is -0.242 e. The van der Waals surface area contributed by atoms with E-state index in [-0.39, 0.29) is 0 Å². The molecule has 0 atom stereocenters. The van der Waals surface area contributed by atoms with Crippen LogP contribution in [-0.4, -0.2) is 17.1 Å². The summed E-state index contributed by atoms with van der Waals surface area (Å²) in [5.74, 6) is 0. The third kappa shape index (κ3) is 0.909. The molecule has 0 bridgehead atoms. The lowest BCUT2D eigenvalue weighted by Crippen LogP contribution is -2.28. The van der Waals surface area contributed by atoms with Crippen molar-refractivity contribution in [2.24, 2.45) is 0 Å². The first-order chi connectivity index (χ1) is 2.89. The van der Waals surface area contributed by atoms with Crippen LogP contribution in [0.5, 0.6) is 0 Å². The molecule has 0 unspecified atom stereocenters. The van der Waals surface area contributed by atoms with Crippen molar-refractivity contribution in [2.75, 3.05) is 13.1 Å². The minimum atomic E-state index is 1.01. The maximum absolute atomic E-state index is 3.20. The molecule has 36 valence electrons. The first kappa shape index (κ1) is 4.52. The third-order valence-electron chi connectivity index (χ3n) is 0.633. The fourth-order valence-electron chi connectivity index (χ4n) is 0.352. The Hall–Kier alpha value is 0.360. The second kappa shape index (κ2) is 1.88. The molecule has 4 heteroatoms. The zero-order valence-corrected chi connectivity index (χ0v) is 4.83. The van der Waals surface area contributed by atoms with Gasteiger partial charge < -0.3 is 0 Å². The number of hydrogen-bond donors (Lipinski definition) is 2. The summed E-state index contributed by atoms with van der Waals surface area (Å²) in [6.07, 6.45) is 0. The van der Waals surface area contributed by atoms with Crippen molar-refractivity contribution < 1.29 is 0 Å². The van der Waals surface area contributed by atoms with Gasteiger partial charge in [-0.05, 0) is 0 Å². The maximum Gasteiger partial charge on any atom is 0.0401 e. The van der Waals surface area contributed by atoms with Crippen LogP contribution in [0.15, 0.2) is 0 Å². The Morgan fingerprint density at radius 2 is 2.50 bits per heavy atom. The highest BCUT2D eigenvalue weighted by molar-refractivity contribution is 9.07. The van der Waals surface area contributed by atoms with E-state index in [1.165, 1.54) is 0 Å². The molecule has 0 aromatic rings. The number of nitrogens with one attached hydrogen (secondary N) is 2. The van der Waals surface area contributed by atoms with E-state index in [1.54, 1.807) is 0 Å². The van der Waals surface area contributed by atoms with Crippen molar-refractivity contribution in [3.8, 4) is 0 Å². The van der Waals surface area contributed by atoms with Crippen LogP contribution in [0.3, 0.4) is 0 Å². The molecule has 1 aliphatic heterocycles. The Kier molecular flexibility index (Phi) is 1.42. The number of rotatable bonds is 0. The molecule has 1 heterocycles. The molecule has 0 radical (unpaired) electrons. The van der Waals surface area contributed by atoms with Gasteiger partial charge in [0.1, 0.15) is 0 Å². The molecule has 1 rings (SSSR count). The topological polar surface area (TPSA) is 27.3 Å². The van der Waals surface area contributed by atoms with Crippen LogP contribution in [-0.2, 0) is 0 Å². The van der Waals surface area contributed by atoms with Crippen LogP contribution in [0.25, 0.3) is 0 Å². The van der Waals surface area contributed by atoms with E-state index in [0.717, 1.165) is 13.1 Å². The average molecular weight is 152 g/mol. The normalized spacial score (nSPS) is 25.5. The van der Waals surface area contributed by atoms with Crippen molar-refractivity contribution >= 4 is 16.1 Å². The van der Waals surface area contributed by atoms with Crippen LogP contribution < -0.4 is 11.0 Å². The van der Waals surface area contributed by atoms with E-state index in [1.807, 2.05) is 4.03 Å². The van der Waals surface area contributed by atoms with Crippen LogP contribution in [0, 0.1) is 0 Å². The molecule has 0 aromatic heterocycles. The highest BCUT2D eigenvalue weighted by atomic mass is 79.9. The molecule has 0 amide bonds. The summed E-state index contributed by atoms with van der Waals surface area (Å²) in [5.41, 5.74) is 5.72. The van der Waals surface area contributed by atoms with Crippen LogP contribution in [0.4, 0.5) is 0 Å². The van der Waals surface area contributed by atoms with Gasteiger partial charge in [-0.25, -0.2) is 5.43 Å². The van der Waals surface area contributed by atoms with E-state index >= 15 is 0 Å². The summed E-state index contributed by atoms with van der Waals surface area (Å²) in [7, 11) is 0. The molecule has 0 aliphatic carbocycles. The molecule has 1 saturated heterocycles. The number of halogens is 1. The van der Waals surface area contributed by atoms with Crippen molar-refractivity contribution in [3.05, 3.63) is 0 Å². The van der Waals surface area contributed by atoms with Crippen molar-refractivity contribution in [3.63, 3.8) is 0 Å². The van der Waals surface area contributed by atoms with Crippen LogP contribution in [0.2, 0.25) is 0 Å². The van der Waals surface area contributed by atoms with E-state index in [9.17, 15) is 0 Å². The Balaban J connectivity index is 2.18. The van der Waals surface area contributed by atoms with Gasteiger partial charge >= 0.3 is 0 Å². The fourth-order valence-corrected chi connectivity index (χ4v) is 0.654. The summed E-state index contributed by atoms with van der Waals surface area (Å²) in [5, 5.41) is 0. The lowest BCUT2D eigenvalue weighted by Gasteiger charge is -1.98. The van der Waals surface area contributed by atoms with Gasteiger partial charge in [0.15, 0.2) is 0 Å². The molecule has 1 fully saturated rings. The Morgan fingerprint density at radius 3 is 2.67 bits per heavy atom. The zero-order valence-electron chi connectivity index (χ0n) is 3.24. The summed E-state index contributed by atoms with van der Waals surface area (Å²) in [6.45, 7) is 2.02. The summed E-state index contributed by atoms with van der Waals surface area (Å²) >= 11 is 3.20. The van der Waals surface area contributed by atoms with Crippen LogP contribution >= 0.6 is 16.1 Å². The molecule has 2 N–H and O–H groups in total. The second-order valence-electron chi connectivity index (χ2n) is 1.12. The summed E-state index contributed by atoms with van der Waals surface area (Å²) < 4.78 is 1.81. The molecule has 6 heavy (non-hydrogen) atoms. The highest BCUT2D eigenvalue weighted by Gasteiger charge is 2.02. The molecule has 0 saturated carbocycles. The van der Waals surface area contributed by atoms with Crippen LogP contribution in [0.1, 0.15) is 0 Å². The Morgan fingerprint density at radius 1 is 1.67 bits per heavy atom. The molecule has 0 spiro atoms. The van der Waals surface area contributed by atoms with Gasteiger partial charge in [-0.2, -0.15) is 9.57 Å². The molecule has 3 nitrogen and oxygen atoms in total. The Bertz CT molecular complexity index is 42.1. The first-order valence-corrected chi connectivity index (χ1v) is 2.52. The van der Waals surface area contributed by atoms with Gasteiger partial charge in [-0.3, -0.25) is 0 Å². The van der Waals surface area contributed by atoms with E-state index < -0.39 is 0 Å². The van der Waals surface area contributed by atoms with Crippen molar-refractivity contribution in [1.82, 2.24) is 15.0 Å². The Labute approximate surface area is 45.0 Å². The maximum atomic E-state index is 3.20. The van der Waals surface area contributed by atoms with Gasteiger partial charge in [0, 0.05) is 29.2 Å². The highest BCUT2D eigenvalue weighted by Crippen LogP contribution is 1.91. The minimum absolute atomic E-state index is 1.01. The zero-order chi connectivity index (χ0) is 4.41. The number of nitrogens with zero attached hydrogens (tertiary/aromatic N) is 1. The predicted octanol–water partition coefficient (Wildman–Crippen LogP) is -0.379. The average Bonchev–Trinajstić information content (AvgIpc) is 1.86. The number of hydrogen-bond acceptors (Lipinski definition) is 3. The van der Waals surface area contributed by atoms with Gasteiger partial charge in [0.05, 0.1) is 0 Å². The fraction of sp³-hybridized carbons (Fsp3) is 1.00. The summed E-state index contributed by atoms with van der Waals surface area (Å²) in [6, 6.07) is 0. The quantitative estimate of drug-likeness (QED) is 0.463. The summed E-state index contributed by atoms with van der Waals surface area (Å²) in [4.78, 5) is 0. The van der Waals surface area contributed by atoms with Gasteiger partial charge in [0.2, 0.25) is 0 Å². The standard InChI is InChI=1S/C2H6BrN3/c3-6-2-1-4-5-6/h4-5H,1-2H2. The molecular weight excluding hydrogens is 146 g/mol. The molecule has 0 aromatic carbocycles. The third-order valence-corrected chi connectivity index (χ3v) is 1.17. The van der Waals surface area contributed by atoms with Gasteiger partial charge in [-0.1, -0.05) is 0 Å². The molecule has 1 aliphatic rings. The lowest BCUT2D eigenvalue weighted by atomic mass is 10.7. The van der Waals surface area contributed by atoms with Crippen molar-refractivity contribution in [2.45, 2.75) is 0 Å². The van der Waals surface area contributed by atoms with Crippen molar-refractivity contribution in [1.29, 1.82) is 0 Å². The first-order valence-electron chi connectivity index (χ1n) is 1.81. The predicted molar refractivity (Wildman–Crippen MR) is 26.8 cm³/mol. The van der Waals surface area contributed by atoms with E-state index in [2.05, 4.69) is 27.1 Å². The lowest BCUT2D eigenvalue weighted by molar-refractivity contribution is 0.432. The SMILES string of the molecule is BrN1CCNN1. The largest absolute Gasteiger partial charge is 0.242 e. The van der Waals surface area contributed by atoms with Gasteiger partial charge in [0.25, 0.3) is 0 Å². The second-order valence-corrected chi connectivity index (χ2v) is 1.98. The monoisotopic (exact) mass is 151 g/mol. The smallest absolute Gasteiger partial charge is 0.0401 e. The van der Waals surface area contributed by atoms with E-state index in [4.69, 9.17) is 0 Å². The number of hydrazine groups is 2. The van der Waals surface area contributed by atoms with E-state index in [0.29, 0.717) is 0 Å². The molecular formula is C2H6BrN3.